The number of aliphatic hydroxyl groups excluding tert-OH is 1. The molecule has 4 fully saturated rings. The molecule has 0 aromatic heterocycles. The second kappa shape index (κ2) is 7.80. The Balaban J connectivity index is 1.49. The zero-order valence-corrected chi connectivity index (χ0v) is 19.9. The van der Waals surface area contributed by atoms with E-state index in [-0.39, 0.29) is 11.5 Å². The number of aliphatic hydroxyl groups is 2. The number of rotatable bonds is 5. The fourth-order valence-electron chi connectivity index (χ4n) is 9.25. The smallest absolute Gasteiger partial charge is 0.0728 e. The minimum atomic E-state index is -0.623. The maximum absolute atomic E-state index is 11.6. The summed E-state index contributed by atoms with van der Waals surface area (Å²) in [5.74, 6) is 4.94. The van der Waals surface area contributed by atoms with E-state index in [4.69, 9.17) is 0 Å². The van der Waals surface area contributed by atoms with Crippen LogP contribution in [0.2, 0.25) is 0 Å². The molecule has 0 aliphatic heterocycles. The van der Waals surface area contributed by atoms with Crippen LogP contribution in [0, 0.1) is 46.3 Å². The summed E-state index contributed by atoms with van der Waals surface area (Å²) in [5, 5.41) is 21.8. The minimum Gasteiger partial charge on any atom is -0.393 e. The average molecular weight is 405 g/mol. The highest BCUT2D eigenvalue weighted by atomic mass is 16.3. The van der Waals surface area contributed by atoms with Crippen molar-refractivity contribution in [1.82, 2.24) is 0 Å². The average Bonchev–Trinajstić information content (AvgIpc) is 2.99. The van der Waals surface area contributed by atoms with E-state index in [0.29, 0.717) is 17.8 Å². The second-order valence-corrected chi connectivity index (χ2v) is 12.8. The first kappa shape index (κ1) is 22.1. The summed E-state index contributed by atoms with van der Waals surface area (Å²) in [5.41, 5.74) is -0.0719. The molecule has 168 valence electrons. The largest absolute Gasteiger partial charge is 0.393 e. The molecular weight excluding hydrogens is 356 g/mol. The van der Waals surface area contributed by atoms with Crippen LogP contribution in [0.15, 0.2) is 0 Å². The normalized spacial score (nSPS) is 50.7. The molecule has 4 aliphatic carbocycles. The molecule has 0 aromatic carbocycles. The molecule has 2 heteroatoms. The molecule has 2 N–H and O–H groups in total. The summed E-state index contributed by atoms with van der Waals surface area (Å²) < 4.78 is 0. The summed E-state index contributed by atoms with van der Waals surface area (Å²) in [7, 11) is 0. The van der Waals surface area contributed by atoms with Crippen LogP contribution in [0.5, 0.6) is 0 Å². The molecule has 4 rings (SSSR count). The van der Waals surface area contributed by atoms with E-state index in [9.17, 15) is 10.2 Å². The monoisotopic (exact) mass is 404 g/mol. The van der Waals surface area contributed by atoms with Crippen LogP contribution in [0.4, 0.5) is 0 Å². The van der Waals surface area contributed by atoms with Gasteiger partial charge in [-0.05, 0) is 97.7 Å². The maximum Gasteiger partial charge on any atom is 0.0728 e. The molecule has 0 bridgehead atoms. The Morgan fingerprint density at radius 1 is 0.862 bits per heavy atom. The lowest BCUT2D eigenvalue weighted by atomic mass is 9.43. The summed E-state index contributed by atoms with van der Waals surface area (Å²) in [4.78, 5) is 0. The SMILES string of the molecule is CC(C)CCC[C@H](C)[C@@H]1CC[C@@H]2[C@H]3CC[C@@]4(O)C[C@@H](O)CC[C@]4(C)[C@@H]3CC[C@]21C. The van der Waals surface area contributed by atoms with E-state index in [0.717, 1.165) is 48.9 Å². The topological polar surface area (TPSA) is 40.5 Å². The van der Waals surface area contributed by atoms with E-state index in [1.54, 1.807) is 0 Å². The zero-order valence-electron chi connectivity index (χ0n) is 19.9. The predicted molar refractivity (Wildman–Crippen MR) is 121 cm³/mol. The molecule has 0 heterocycles. The second-order valence-electron chi connectivity index (χ2n) is 12.8. The van der Waals surface area contributed by atoms with Crippen molar-refractivity contribution in [3.05, 3.63) is 0 Å². The Hall–Kier alpha value is -0.0800. The van der Waals surface area contributed by atoms with E-state index in [1.165, 1.54) is 51.4 Å². The molecule has 0 saturated heterocycles. The molecule has 0 amide bonds. The van der Waals surface area contributed by atoms with Gasteiger partial charge in [0.25, 0.3) is 0 Å². The molecule has 9 atom stereocenters. The molecule has 4 aliphatic rings. The summed E-state index contributed by atoms with van der Waals surface area (Å²) >= 11 is 0. The van der Waals surface area contributed by atoms with E-state index in [1.807, 2.05) is 0 Å². The van der Waals surface area contributed by atoms with Gasteiger partial charge in [-0.3, -0.25) is 0 Å². The van der Waals surface area contributed by atoms with Gasteiger partial charge in [0.15, 0.2) is 0 Å². The first-order valence-electron chi connectivity index (χ1n) is 13.0. The minimum absolute atomic E-state index is 0.0252. The molecule has 0 unspecified atom stereocenters. The fraction of sp³-hybridized carbons (Fsp3) is 1.00. The summed E-state index contributed by atoms with van der Waals surface area (Å²) in [6.07, 6.45) is 14.1. The molecule has 2 nitrogen and oxygen atoms in total. The lowest BCUT2D eigenvalue weighted by Gasteiger charge is -2.64. The van der Waals surface area contributed by atoms with Gasteiger partial charge in [-0.2, -0.15) is 0 Å². The van der Waals surface area contributed by atoms with Crippen molar-refractivity contribution in [3.8, 4) is 0 Å². The van der Waals surface area contributed by atoms with Gasteiger partial charge in [-0.1, -0.05) is 53.9 Å². The van der Waals surface area contributed by atoms with Crippen molar-refractivity contribution in [2.24, 2.45) is 46.3 Å². The van der Waals surface area contributed by atoms with Gasteiger partial charge in [0.1, 0.15) is 0 Å². The Kier molecular flexibility index (Phi) is 5.95. The third-order valence-corrected chi connectivity index (χ3v) is 11.0. The standard InChI is InChI=1S/C27H48O2/c1-18(2)7-6-8-19(3)22-9-10-23-21-12-16-27(29)17-20(28)11-15-26(27,5)24(21)13-14-25(22,23)4/h18-24,28-29H,6-17H2,1-5H3/t19-,20-,21+,22-,23+,24+,25-,26+,27+/m0/s1. The third-order valence-electron chi connectivity index (χ3n) is 11.0. The lowest BCUT2D eigenvalue weighted by molar-refractivity contribution is -0.220. The van der Waals surface area contributed by atoms with Gasteiger partial charge in [-0.15, -0.1) is 0 Å². The van der Waals surface area contributed by atoms with Gasteiger partial charge < -0.3 is 10.2 Å². The van der Waals surface area contributed by atoms with Gasteiger partial charge in [0.2, 0.25) is 0 Å². The van der Waals surface area contributed by atoms with Crippen molar-refractivity contribution in [3.63, 3.8) is 0 Å². The number of fused-ring (bicyclic) bond motifs is 5. The van der Waals surface area contributed by atoms with Gasteiger partial charge in [0, 0.05) is 6.42 Å². The Labute approximate surface area is 180 Å². The molecule has 0 aromatic rings. The van der Waals surface area contributed by atoms with E-state index in [2.05, 4.69) is 34.6 Å². The molecule has 29 heavy (non-hydrogen) atoms. The van der Waals surface area contributed by atoms with Crippen LogP contribution in [-0.2, 0) is 0 Å². The molecular formula is C27H48O2. The highest BCUT2D eigenvalue weighted by molar-refractivity contribution is 5.14. The van der Waals surface area contributed by atoms with Gasteiger partial charge in [-0.25, -0.2) is 0 Å². The number of hydrogen-bond acceptors (Lipinski definition) is 2. The summed E-state index contributed by atoms with van der Waals surface area (Å²) in [6.45, 7) is 12.3. The van der Waals surface area contributed by atoms with Gasteiger partial charge in [0.05, 0.1) is 11.7 Å². The molecule has 0 spiro atoms. The van der Waals surface area contributed by atoms with E-state index < -0.39 is 5.60 Å². The van der Waals surface area contributed by atoms with Crippen molar-refractivity contribution in [2.75, 3.05) is 0 Å². The van der Waals surface area contributed by atoms with Crippen LogP contribution in [0.1, 0.15) is 112 Å². The lowest BCUT2D eigenvalue weighted by Crippen LogP contribution is -2.62. The third kappa shape index (κ3) is 3.53. The quantitative estimate of drug-likeness (QED) is 0.543. The van der Waals surface area contributed by atoms with Crippen LogP contribution in [-0.4, -0.2) is 21.9 Å². The highest BCUT2D eigenvalue weighted by Gasteiger charge is 2.64. The van der Waals surface area contributed by atoms with Crippen molar-refractivity contribution >= 4 is 0 Å². The van der Waals surface area contributed by atoms with Gasteiger partial charge >= 0.3 is 0 Å². The first-order valence-corrected chi connectivity index (χ1v) is 13.0. The highest BCUT2D eigenvalue weighted by Crippen LogP contribution is 2.69. The Bertz CT molecular complexity index is 587. The van der Waals surface area contributed by atoms with Crippen molar-refractivity contribution in [1.29, 1.82) is 0 Å². The Morgan fingerprint density at radius 3 is 2.34 bits per heavy atom. The predicted octanol–water partition coefficient (Wildman–Crippen LogP) is 6.58. The molecule has 0 radical (unpaired) electrons. The van der Waals surface area contributed by atoms with Crippen molar-refractivity contribution in [2.45, 2.75) is 123 Å². The zero-order chi connectivity index (χ0) is 21.0. The van der Waals surface area contributed by atoms with Crippen LogP contribution >= 0.6 is 0 Å². The van der Waals surface area contributed by atoms with Crippen LogP contribution < -0.4 is 0 Å². The Morgan fingerprint density at radius 2 is 1.62 bits per heavy atom. The number of hydrogen-bond donors (Lipinski definition) is 2. The molecule has 4 saturated carbocycles. The summed E-state index contributed by atoms with van der Waals surface area (Å²) in [6, 6.07) is 0. The van der Waals surface area contributed by atoms with Crippen LogP contribution in [0.3, 0.4) is 0 Å². The first-order chi connectivity index (χ1) is 13.6. The van der Waals surface area contributed by atoms with Crippen molar-refractivity contribution < 1.29 is 10.2 Å². The maximum atomic E-state index is 11.6. The fourth-order valence-corrected chi connectivity index (χ4v) is 9.25. The van der Waals surface area contributed by atoms with E-state index >= 15 is 0 Å². The van der Waals surface area contributed by atoms with Crippen LogP contribution in [0.25, 0.3) is 0 Å².